The first kappa shape index (κ1) is 16.3. The molecule has 7 heteroatoms. The summed E-state index contributed by atoms with van der Waals surface area (Å²) in [5, 5.41) is 17.8. The first-order valence-electron chi connectivity index (χ1n) is 7.74. The van der Waals surface area contributed by atoms with Crippen LogP contribution in [-0.4, -0.2) is 30.8 Å². The lowest BCUT2D eigenvalue weighted by atomic mass is 10.1. The molecule has 1 aromatic carbocycles. The summed E-state index contributed by atoms with van der Waals surface area (Å²) in [5.74, 6) is -0.249. The van der Waals surface area contributed by atoms with E-state index < -0.39 is 5.97 Å². The van der Waals surface area contributed by atoms with Gasteiger partial charge in [-0.1, -0.05) is 25.1 Å². The smallest absolute Gasteiger partial charge is 0.342 e. The molecule has 0 saturated carbocycles. The summed E-state index contributed by atoms with van der Waals surface area (Å²) in [6.45, 7) is 4.85. The molecular formula is C17H18N4O2S. The van der Waals surface area contributed by atoms with Crippen LogP contribution in [0.25, 0.3) is 17.0 Å². The number of aromatic nitrogens is 4. The van der Waals surface area contributed by atoms with Gasteiger partial charge in [0.1, 0.15) is 10.7 Å². The molecule has 0 unspecified atom stereocenters. The van der Waals surface area contributed by atoms with Gasteiger partial charge in [-0.15, -0.1) is 5.10 Å². The molecule has 2 heterocycles. The van der Waals surface area contributed by atoms with E-state index >= 15 is 0 Å². The molecule has 0 bridgehead atoms. The molecule has 2 aromatic heterocycles. The van der Waals surface area contributed by atoms with E-state index in [0.717, 1.165) is 47.0 Å². The van der Waals surface area contributed by atoms with Crippen molar-refractivity contribution in [1.82, 2.24) is 19.7 Å². The van der Waals surface area contributed by atoms with Gasteiger partial charge in [-0.05, 0) is 30.8 Å². The maximum absolute atomic E-state index is 11.6. The van der Waals surface area contributed by atoms with Gasteiger partial charge in [0.25, 0.3) is 0 Å². The maximum atomic E-state index is 11.6. The average molecular weight is 342 g/mol. The van der Waals surface area contributed by atoms with Gasteiger partial charge in [-0.2, -0.15) is 0 Å². The Balaban J connectivity index is 2.01. The van der Waals surface area contributed by atoms with Gasteiger partial charge >= 0.3 is 5.97 Å². The Bertz CT molecular complexity index is 910. The van der Waals surface area contributed by atoms with Gasteiger partial charge in [0.2, 0.25) is 5.16 Å². The van der Waals surface area contributed by atoms with Crippen LogP contribution in [0.4, 0.5) is 0 Å². The first-order valence-corrected chi connectivity index (χ1v) is 8.56. The van der Waals surface area contributed by atoms with E-state index in [0.29, 0.717) is 5.16 Å². The number of thioether (sulfide) groups is 1. The Morgan fingerprint density at radius 3 is 2.83 bits per heavy atom. The second-order valence-electron chi connectivity index (χ2n) is 5.22. The van der Waals surface area contributed by atoms with E-state index in [-0.39, 0.29) is 4.91 Å². The fraction of sp³-hybridized carbons (Fsp3) is 0.235. The molecule has 0 amide bonds. The Morgan fingerprint density at radius 2 is 2.17 bits per heavy atom. The number of rotatable bonds is 6. The highest BCUT2D eigenvalue weighted by Gasteiger charge is 2.15. The van der Waals surface area contributed by atoms with Crippen LogP contribution in [0.2, 0.25) is 0 Å². The molecule has 0 radical (unpaired) electrons. The highest BCUT2D eigenvalue weighted by atomic mass is 32.2. The number of nitrogens with zero attached hydrogens (tertiary/aromatic N) is 3. The number of para-hydroxylation sites is 1. The lowest BCUT2D eigenvalue weighted by Crippen LogP contribution is -1.97. The molecule has 3 aromatic rings. The molecule has 124 valence electrons. The molecule has 0 spiro atoms. The SMILES string of the molecule is CCc1nc(S/C(=C\c2cn(CC)c3ccccc23)C(=O)O)n[nH]1. The number of carboxylic acids is 1. The Hall–Kier alpha value is -2.54. The number of hydrogen-bond donors (Lipinski definition) is 2. The number of fused-ring (bicyclic) bond motifs is 1. The van der Waals surface area contributed by atoms with Crippen molar-refractivity contribution in [3.8, 4) is 0 Å². The van der Waals surface area contributed by atoms with E-state index in [4.69, 9.17) is 0 Å². The summed E-state index contributed by atoms with van der Waals surface area (Å²) in [4.78, 5) is 16.1. The van der Waals surface area contributed by atoms with Crippen molar-refractivity contribution in [2.45, 2.75) is 32.0 Å². The number of carboxylic acid groups (broad SMARTS) is 1. The lowest BCUT2D eigenvalue weighted by molar-refractivity contribution is -0.131. The predicted octanol–water partition coefficient (Wildman–Crippen LogP) is 3.56. The number of nitrogens with one attached hydrogen (secondary N) is 1. The highest BCUT2D eigenvalue weighted by molar-refractivity contribution is 8.04. The van der Waals surface area contributed by atoms with Gasteiger partial charge in [-0.25, -0.2) is 9.78 Å². The topological polar surface area (TPSA) is 83.8 Å². The third-order valence-electron chi connectivity index (χ3n) is 3.70. The molecule has 0 saturated heterocycles. The number of aromatic amines is 1. The van der Waals surface area contributed by atoms with Crippen molar-refractivity contribution in [3.63, 3.8) is 0 Å². The monoisotopic (exact) mass is 342 g/mol. The second-order valence-corrected chi connectivity index (χ2v) is 6.23. The number of H-pyrrole nitrogens is 1. The van der Waals surface area contributed by atoms with Gasteiger partial charge in [0.15, 0.2) is 0 Å². The molecule has 6 nitrogen and oxygen atoms in total. The summed E-state index contributed by atoms with van der Waals surface area (Å²) >= 11 is 1.05. The zero-order valence-electron chi connectivity index (χ0n) is 13.5. The molecular weight excluding hydrogens is 324 g/mol. The van der Waals surface area contributed by atoms with E-state index in [1.807, 2.05) is 37.4 Å². The lowest BCUT2D eigenvalue weighted by Gasteiger charge is -1.98. The number of hydrogen-bond acceptors (Lipinski definition) is 4. The molecule has 0 fully saturated rings. The van der Waals surface area contributed by atoms with Crippen LogP contribution < -0.4 is 0 Å². The van der Waals surface area contributed by atoms with Gasteiger partial charge in [-0.3, -0.25) is 5.10 Å². The maximum Gasteiger partial charge on any atom is 0.342 e. The van der Waals surface area contributed by atoms with Crippen molar-refractivity contribution >= 4 is 34.7 Å². The number of carbonyl (C=O) groups is 1. The number of benzene rings is 1. The molecule has 0 atom stereocenters. The second kappa shape index (κ2) is 6.92. The first-order chi connectivity index (χ1) is 11.6. The normalized spacial score (nSPS) is 12.0. The summed E-state index contributed by atoms with van der Waals surface area (Å²) < 4.78 is 2.10. The summed E-state index contributed by atoms with van der Waals surface area (Å²) in [6, 6.07) is 7.97. The fourth-order valence-corrected chi connectivity index (χ4v) is 3.22. The van der Waals surface area contributed by atoms with Gasteiger partial charge in [0.05, 0.1) is 0 Å². The third kappa shape index (κ3) is 3.21. The van der Waals surface area contributed by atoms with Crippen LogP contribution in [0.5, 0.6) is 0 Å². The zero-order chi connectivity index (χ0) is 17.1. The van der Waals surface area contributed by atoms with Crippen molar-refractivity contribution in [3.05, 3.63) is 46.8 Å². The predicted molar refractivity (Wildman–Crippen MR) is 94.8 cm³/mol. The molecule has 2 N–H and O–H groups in total. The molecule has 0 aliphatic rings. The molecule has 24 heavy (non-hydrogen) atoms. The number of aryl methyl sites for hydroxylation is 2. The van der Waals surface area contributed by atoms with Crippen LogP contribution in [-0.2, 0) is 17.8 Å². The number of aliphatic carboxylic acids is 1. The van der Waals surface area contributed by atoms with Crippen LogP contribution in [0, 0.1) is 0 Å². The Kier molecular flexibility index (Phi) is 4.71. The van der Waals surface area contributed by atoms with Crippen molar-refractivity contribution in [2.24, 2.45) is 0 Å². The Morgan fingerprint density at radius 1 is 1.38 bits per heavy atom. The minimum Gasteiger partial charge on any atom is -0.477 e. The van der Waals surface area contributed by atoms with Crippen LogP contribution >= 0.6 is 11.8 Å². The minimum atomic E-state index is -0.990. The van der Waals surface area contributed by atoms with Crippen LogP contribution in [0.3, 0.4) is 0 Å². The quantitative estimate of drug-likeness (QED) is 0.528. The summed E-state index contributed by atoms with van der Waals surface area (Å²) in [5.41, 5.74) is 1.97. The third-order valence-corrected chi connectivity index (χ3v) is 4.58. The van der Waals surface area contributed by atoms with E-state index in [1.54, 1.807) is 6.08 Å². The summed E-state index contributed by atoms with van der Waals surface area (Å²) in [6.07, 6.45) is 4.39. The van der Waals surface area contributed by atoms with Crippen LogP contribution in [0.1, 0.15) is 25.2 Å². The Labute approximate surface area is 143 Å². The highest BCUT2D eigenvalue weighted by Crippen LogP contribution is 2.29. The summed E-state index contributed by atoms with van der Waals surface area (Å²) in [7, 11) is 0. The van der Waals surface area contributed by atoms with E-state index in [2.05, 4.69) is 26.7 Å². The van der Waals surface area contributed by atoms with Crippen molar-refractivity contribution in [2.75, 3.05) is 0 Å². The largest absolute Gasteiger partial charge is 0.477 e. The standard InChI is InChI=1S/C17H18N4O2S/c1-3-15-18-17(20-19-15)24-14(16(22)23)9-11-10-21(4-2)13-8-6-5-7-12(11)13/h5-10H,3-4H2,1-2H3,(H,22,23)(H,18,19,20)/b14-9-. The van der Waals surface area contributed by atoms with Crippen molar-refractivity contribution in [1.29, 1.82) is 0 Å². The van der Waals surface area contributed by atoms with Crippen molar-refractivity contribution < 1.29 is 9.90 Å². The van der Waals surface area contributed by atoms with E-state index in [1.165, 1.54) is 0 Å². The van der Waals surface area contributed by atoms with Crippen LogP contribution in [0.15, 0.2) is 40.5 Å². The van der Waals surface area contributed by atoms with Gasteiger partial charge in [0, 0.05) is 35.6 Å². The zero-order valence-corrected chi connectivity index (χ0v) is 14.3. The average Bonchev–Trinajstić information content (AvgIpc) is 3.19. The van der Waals surface area contributed by atoms with E-state index in [9.17, 15) is 9.90 Å². The molecule has 3 rings (SSSR count). The molecule has 0 aliphatic carbocycles. The van der Waals surface area contributed by atoms with Gasteiger partial charge < -0.3 is 9.67 Å². The minimum absolute atomic E-state index is 0.190. The molecule has 0 aliphatic heterocycles. The fourth-order valence-electron chi connectivity index (χ4n) is 2.51.